The molecule has 0 amide bonds. The van der Waals surface area contributed by atoms with Gasteiger partial charge in [-0.05, 0) is 72.1 Å². The number of aliphatic carboxylic acids is 1. The van der Waals surface area contributed by atoms with E-state index in [4.69, 9.17) is 14.2 Å². The third-order valence-corrected chi connectivity index (χ3v) is 7.23. The number of benzene rings is 3. The van der Waals surface area contributed by atoms with E-state index in [9.17, 15) is 4.79 Å². The number of aryl methyl sites for hydroxylation is 2. The molecule has 0 aliphatic rings. The molecule has 0 aliphatic carbocycles. The van der Waals surface area contributed by atoms with E-state index in [1.54, 1.807) is 0 Å². The number of carbonyl (C=O) groups is 1. The summed E-state index contributed by atoms with van der Waals surface area (Å²) in [6.45, 7) is 6.62. The molecule has 4 aromatic rings. The molecule has 0 radical (unpaired) electrons. The Morgan fingerprint density at radius 1 is 0.941 bits per heavy atom. The highest BCUT2D eigenvalue weighted by atomic mass is 32.1. The van der Waals surface area contributed by atoms with Crippen LogP contribution in [-0.4, -0.2) is 15.4 Å². The van der Waals surface area contributed by atoms with Crippen molar-refractivity contribution in [3.8, 4) is 27.4 Å². The molecule has 1 heterocycles. The van der Waals surface area contributed by atoms with E-state index in [0.29, 0.717) is 13.0 Å². The summed E-state index contributed by atoms with van der Waals surface area (Å²) in [5.41, 5.74) is 8.73. The van der Waals surface area contributed by atoms with Crippen molar-refractivity contribution < 1.29 is 14.6 Å². The van der Waals surface area contributed by atoms with Gasteiger partial charge in [0.1, 0.15) is 12.4 Å². The molecule has 5 heteroatoms. The lowest BCUT2D eigenvalue weighted by Gasteiger charge is -2.15. The predicted molar refractivity (Wildman–Crippen MR) is 139 cm³/mol. The molecule has 0 saturated carbocycles. The number of carboxylic acid groups (broad SMARTS) is 1. The van der Waals surface area contributed by atoms with Crippen molar-refractivity contribution in [2.24, 2.45) is 0 Å². The zero-order valence-corrected chi connectivity index (χ0v) is 20.6. The average molecular weight is 472 g/mol. The van der Waals surface area contributed by atoms with Crippen LogP contribution in [-0.2, 0) is 24.2 Å². The van der Waals surface area contributed by atoms with Crippen LogP contribution in [0, 0.1) is 13.8 Å². The van der Waals surface area contributed by atoms with Gasteiger partial charge in [0, 0.05) is 17.5 Å². The highest BCUT2D eigenvalue weighted by Gasteiger charge is 2.18. The van der Waals surface area contributed by atoms with Gasteiger partial charge in [0.05, 0.1) is 10.6 Å². The highest BCUT2D eigenvalue weighted by Crippen LogP contribution is 2.37. The number of hydrogen-bond donors (Lipinski definition) is 1. The van der Waals surface area contributed by atoms with Crippen LogP contribution in [0.4, 0.5) is 0 Å². The largest absolute Gasteiger partial charge is 0.488 e. The van der Waals surface area contributed by atoms with Gasteiger partial charge in [0.2, 0.25) is 0 Å². The summed E-state index contributed by atoms with van der Waals surface area (Å²) in [7, 11) is 0. The second-order valence-corrected chi connectivity index (χ2v) is 9.18. The maximum absolute atomic E-state index is 11.0. The first-order chi connectivity index (χ1) is 16.5. The Morgan fingerprint density at radius 3 is 2.35 bits per heavy atom. The van der Waals surface area contributed by atoms with Gasteiger partial charge in [-0.15, -0.1) is 0 Å². The molecule has 1 N–H and O–H groups in total. The molecule has 34 heavy (non-hydrogen) atoms. The summed E-state index contributed by atoms with van der Waals surface area (Å²) in [5.74, 6) is 0.0318. The zero-order chi connectivity index (χ0) is 24.1. The lowest BCUT2D eigenvalue weighted by Crippen LogP contribution is -2.03. The summed E-state index contributed by atoms with van der Waals surface area (Å²) in [6.07, 6.45) is 1.65. The predicted octanol–water partition coefficient (Wildman–Crippen LogP) is 7.25. The van der Waals surface area contributed by atoms with Gasteiger partial charge in [-0.1, -0.05) is 67.6 Å². The van der Waals surface area contributed by atoms with Crippen LogP contribution in [0.3, 0.4) is 0 Å². The molecule has 0 saturated heterocycles. The van der Waals surface area contributed by atoms with Gasteiger partial charge in [-0.25, -0.2) is 0 Å². The summed E-state index contributed by atoms with van der Waals surface area (Å²) in [5, 5.41) is 9.02. The molecule has 0 spiro atoms. The molecule has 0 bridgehead atoms. The summed E-state index contributed by atoms with van der Waals surface area (Å²) in [6, 6.07) is 22.8. The minimum Gasteiger partial charge on any atom is -0.488 e. The van der Waals surface area contributed by atoms with Crippen molar-refractivity contribution >= 4 is 17.5 Å². The number of nitrogens with zero attached hydrogens (tertiary/aromatic N) is 1. The Kier molecular flexibility index (Phi) is 7.43. The van der Waals surface area contributed by atoms with Crippen LogP contribution in [0.5, 0.6) is 5.75 Å². The van der Waals surface area contributed by atoms with Crippen LogP contribution in [0.25, 0.3) is 21.7 Å². The first kappa shape index (κ1) is 23.7. The molecular formula is C29H29NO3S. The van der Waals surface area contributed by atoms with Gasteiger partial charge < -0.3 is 9.84 Å². The maximum atomic E-state index is 11.0. The minimum absolute atomic E-state index is 0.127. The molecule has 3 aromatic carbocycles. The second-order valence-electron chi connectivity index (χ2n) is 8.41. The number of ether oxygens (including phenoxy) is 1. The van der Waals surface area contributed by atoms with E-state index in [1.165, 1.54) is 17.1 Å². The molecule has 1 aromatic heterocycles. The van der Waals surface area contributed by atoms with E-state index in [2.05, 4.69) is 43.3 Å². The Hall–Kier alpha value is -3.44. The lowest BCUT2D eigenvalue weighted by atomic mass is 9.98. The highest BCUT2D eigenvalue weighted by molar-refractivity contribution is 7.10. The fourth-order valence-electron chi connectivity index (χ4n) is 4.06. The normalized spacial score (nSPS) is 10.9. The quantitative estimate of drug-likeness (QED) is 0.279. The topological polar surface area (TPSA) is 59.4 Å². The van der Waals surface area contributed by atoms with Crippen molar-refractivity contribution in [1.82, 2.24) is 4.37 Å². The van der Waals surface area contributed by atoms with E-state index >= 15 is 0 Å². The molecule has 4 rings (SSSR count). The minimum atomic E-state index is -0.782. The molecule has 0 atom stereocenters. The molecule has 4 nitrogen and oxygen atoms in total. The van der Waals surface area contributed by atoms with Crippen LogP contribution in [0.2, 0.25) is 0 Å². The molecule has 0 fully saturated rings. The first-order valence-corrected chi connectivity index (χ1v) is 12.3. The Morgan fingerprint density at radius 2 is 1.68 bits per heavy atom. The number of rotatable bonds is 9. The number of carboxylic acids is 1. The van der Waals surface area contributed by atoms with Gasteiger partial charge in [-0.3, -0.25) is 4.79 Å². The number of aromatic nitrogens is 1. The van der Waals surface area contributed by atoms with Gasteiger partial charge in [-0.2, -0.15) is 4.37 Å². The smallest absolute Gasteiger partial charge is 0.303 e. The SMILES string of the molecule is CCc1ccc(-c2nsc(-c3ccccc3)c2COc2ccc(CCC(=O)O)c(C)c2C)cc1. The maximum Gasteiger partial charge on any atom is 0.303 e. The lowest BCUT2D eigenvalue weighted by molar-refractivity contribution is -0.136. The summed E-state index contributed by atoms with van der Waals surface area (Å²) >= 11 is 1.50. The zero-order valence-electron chi connectivity index (χ0n) is 19.8. The average Bonchev–Trinajstić information content (AvgIpc) is 3.28. The van der Waals surface area contributed by atoms with Gasteiger partial charge in [0.25, 0.3) is 0 Å². The molecular weight excluding hydrogens is 442 g/mol. The van der Waals surface area contributed by atoms with E-state index in [-0.39, 0.29) is 6.42 Å². The van der Waals surface area contributed by atoms with Crippen LogP contribution in [0.15, 0.2) is 66.7 Å². The van der Waals surface area contributed by atoms with Crippen molar-refractivity contribution in [1.29, 1.82) is 0 Å². The monoisotopic (exact) mass is 471 g/mol. The standard InChI is InChI=1S/C29H29NO3S/c1-4-21-10-12-23(13-11-21)28-25(29(34-30-28)24-8-6-5-7-9-24)18-33-26-16-14-22(15-17-27(31)32)19(2)20(26)3/h5-14,16H,4,15,17-18H2,1-3H3,(H,31,32). The van der Waals surface area contributed by atoms with Gasteiger partial charge in [0.15, 0.2) is 0 Å². The van der Waals surface area contributed by atoms with Crippen molar-refractivity contribution in [3.05, 3.63) is 94.5 Å². The second kappa shape index (κ2) is 10.7. The van der Waals surface area contributed by atoms with E-state index < -0.39 is 5.97 Å². The van der Waals surface area contributed by atoms with Crippen LogP contribution in [0.1, 0.15) is 41.2 Å². The molecule has 174 valence electrons. The molecule has 0 unspecified atom stereocenters. The summed E-state index contributed by atoms with van der Waals surface area (Å²) in [4.78, 5) is 12.1. The van der Waals surface area contributed by atoms with Crippen LogP contribution < -0.4 is 4.74 Å². The van der Waals surface area contributed by atoms with Crippen LogP contribution >= 0.6 is 11.5 Å². The Balaban J connectivity index is 1.66. The Labute approximate surface area is 205 Å². The third-order valence-electron chi connectivity index (χ3n) is 6.29. The fourth-order valence-corrected chi connectivity index (χ4v) is 4.96. The van der Waals surface area contributed by atoms with Gasteiger partial charge >= 0.3 is 5.97 Å². The third kappa shape index (κ3) is 5.20. The van der Waals surface area contributed by atoms with E-state index in [0.717, 1.165) is 56.1 Å². The number of hydrogen-bond acceptors (Lipinski definition) is 4. The first-order valence-electron chi connectivity index (χ1n) is 11.5. The Bertz CT molecular complexity index is 1280. The molecule has 0 aliphatic heterocycles. The van der Waals surface area contributed by atoms with Crippen molar-refractivity contribution in [3.63, 3.8) is 0 Å². The fraction of sp³-hybridized carbons (Fsp3) is 0.241. The van der Waals surface area contributed by atoms with E-state index in [1.807, 2.05) is 44.2 Å². The van der Waals surface area contributed by atoms with Crippen molar-refractivity contribution in [2.45, 2.75) is 46.6 Å². The van der Waals surface area contributed by atoms with Crippen molar-refractivity contribution in [2.75, 3.05) is 0 Å². The summed E-state index contributed by atoms with van der Waals surface area (Å²) < 4.78 is 11.2.